The molecule has 0 spiro atoms. The van der Waals surface area contributed by atoms with Crippen LogP contribution in [-0.4, -0.2) is 19.1 Å². The summed E-state index contributed by atoms with van der Waals surface area (Å²) in [4.78, 5) is 10.3. The topological polar surface area (TPSA) is 35.6 Å². The van der Waals surface area contributed by atoms with E-state index in [1.807, 2.05) is 12.1 Å². The summed E-state index contributed by atoms with van der Waals surface area (Å²) >= 11 is 0. The molecule has 0 saturated carbocycles. The van der Waals surface area contributed by atoms with Gasteiger partial charge in [0.05, 0.1) is 33.3 Å². The van der Waals surface area contributed by atoms with Crippen molar-refractivity contribution in [3.8, 4) is 34.0 Å². The lowest BCUT2D eigenvalue weighted by Crippen LogP contribution is -1.99. The Kier molecular flexibility index (Phi) is 6.40. The van der Waals surface area contributed by atoms with Crippen molar-refractivity contribution in [3.05, 3.63) is 182 Å². The second-order valence-corrected chi connectivity index (χ2v) is 13.6. The first-order chi connectivity index (χ1) is 26.2. The van der Waals surface area contributed by atoms with Gasteiger partial charge in [0.15, 0.2) is 5.82 Å². The van der Waals surface area contributed by atoms with Crippen LogP contribution < -0.4 is 0 Å². The normalized spacial score (nSPS) is 11.9. The van der Waals surface area contributed by atoms with Gasteiger partial charge in [0, 0.05) is 54.8 Å². The largest absolute Gasteiger partial charge is 0.309 e. The fourth-order valence-corrected chi connectivity index (χ4v) is 8.18. The van der Waals surface area contributed by atoms with Crippen LogP contribution in [0.1, 0.15) is 0 Å². The van der Waals surface area contributed by atoms with E-state index in [0.29, 0.717) is 5.82 Å². The Morgan fingerprint density at radius 1 is 0.377 bits per heavy atom. The maximum absolute atomic E-state index is 14.0. The maximum Gasteiger partial charge on any atom is 0.160 e. The highest BCUT2D eigenvalue weighted by Gasteiger charge is 2.18. The molecule has 3 heterocycles. The van der Waals surface area contributed by atoms with Crippen LogP contribution in [0.5, 0.6) is 0 Å². The van der Waals surface area contributed by atoms with Crippen molar-refractivity contribution in [1.29, 1.82) is 0 Å². The highest BCUT2D eigenvalue weighted by Crippen LogP contribution is 2.39. The van der Waals surface area contributed by atoms with Gasteiger partial charge in [0.25, 0.3) is 0 Å². The Bertz CT molecular complexity index is 3190. The number of hydrogen-bond acceptors (Lipinski definition) is 2. The van der Waals surface area contributed by atoms with Gasteiger partial charge in [-0.3, -0.25) is 0 Å². The molecule has 248 valence electrons. The Morgan fingerprint density at radius 2 is 0.943 bits per heavy atom. The molecule has 0 bridgehead atoms. The standard InChI is InChI=1S/C48H29FN4/c49-33-23-20-31(21-24-33)48-50-46(41-26-22-30-10-1-2-13-36(30)47(41)51-48)32-11-9-12-34(28-32)53-44-19-8-5-16-39(44)40-27-25-35(29-45(40)53)52-42-17-6-3-14-37(42)38-15-4-7-18-43(38)52/h1-29H. The fourth-order valence-electron chi connectivity index (χ4n) is 8.18. The van der Waals surface area contributed by atoms with Crippen molar-refractivity contribution in [2.45, 2.75) is 0 Å². The van der Waals surface area contributed by atoms with Gasteiger partial charge >= 0.3 is 0 Å². The van der Waals surface area contributed by atoms with Crippen molar-refractivity contribution in [1.82, 2.24) is 19.1 Å². The lowest BCUT2D eigenvalue weighted by atomic mass is 10.0. The summed E-state index contributed by atoms with van der Waals surface area (Å²) in [6, 6.07) is 60.3. The molecule has 0 amide bonds. The minimum Gasteiger partial charge on any atom is -0.309 e. The number of fused-ring (bicyclic) bond motifs is 9. The van der Waals surface area contributed by atoms with Gasteiger partial charge in [-0.05, 0) is 78.2 Å². The van der Waals surface area contributed by atoms with Gasteiger partial charge in [-0.25, -0.2) is 14.4 Å². The Hall–Kier alpha value is -7.11. The molecule has 11 aromatic rings. The molecule has 0 aliphatic carbocycles. The van der Waals surface area contributed by atoms with Gasteiger partial charge in [-0.1, -0.05) is 103 Å². The first-order valence-electron chi connectivity index (χ1n) is 17.8. The predicted octanol–water partition coefficient (Wildman–Crippen LogP) is 12.5. The molecule has 0 aliphatic rings. The third-order valence-electron chi connectivity index (χ3n) is 10.6. The van der Waals surface area contributed by atoms with Crippen LogP contribution in [0.2, 0.25) is 0 Å². The van der Waals surface area contributed by atoms with Gasteiger partial charge in [0.1, 0.15) is 5.82 Å². The van der Waals surface area contributed by atoms with E-state index in [2.05, 4.69) is 149 Å². The summed E-state index contributed by atoms with van der Waals surface area (Å²) in [7, 11) is 0. The van der Waals surface area contributed by atoms with Crippen molar-refractivity contribution in [2.24, 2.45) is 0 Å². The highest BCUT2D eigenvalue weighted by molar-refractivity contribution is 6.13. The molecular weight excluding hydrogens is 652 g/mol. The molecule has 8 aromatic carbocycles. The summed E-state index contributed by atoms with van der Waals surface area (Å²) in [5, 5.41) is 7.97. The van der Waals surface area contributed by atoms with E-state index in [4.69, 9.17) is 9.97 Å². The molecule has 53 heavy (non-hydrogen) atoms. The third-order valence-corrected chi connectivity index (χ3v) is 10.6. The summed E-state index contributed by atoms with van der Waals surface area (Å²) in [5.74, 6) is 0.266. The summed E-state index contributed by atoms with van der Waals surface area (Å²) < 4.78 is 18.7. The van der Waals surface area contributed by atoms with E-state index in [9.17, 15) is 4.39 Å². The van der Waals surface area contributed by atoms with Crippen LogP contribution in [-0.2, 0) is 0 Å². The Morgan fingerprint density at radius 3 is 1.64 bits per heavy atom. The number of benzene rings is 8. The van der Waals surface area contributed by atoms with E-state index in [0.717, 1.165) is 60.9 Å². The maximum atomic E-state index is 14.0. The lowest BCUT2D eigenvalue weighted by Gasteiger charge is -2.14. The summed E-state index contributed by atoms with van der Waals surface area (Å²) in [5.41, 5.74) is 10.2. The average Bonchev–Trinajstić information content (AvgIpc) is 3.73. The van der Waals surface area contributed by atoms with Crippen LogP contribution >= 0.6 is 0 Å². The van der Waals surface area contributed by atoms with Crippen LogP contribution in [0.3, 0.4) is 0 Å². The van der Waals surface area contributed by atoms with Crippen molar-refractivity contribution >= 4 is 65.3 Å². The van der Waals surface area contributed by atoms with E-state index in [1.54, 1.807) is 12.1 Å². The molecule has 11 rings (SSSR count). The third kappa shape index (κ3) is 4.54. The van der Waals surface area contributed by atoms with Crippen molar-refractivity contribution in [2.75, 3.05) is 0 Å². The molecule has 0 saturated heterocycles. The van der Waals surface area contributed by atoms with E-state index in [1.165, 1.54) is 44.7 Å². The first-order valence-corrected chi connectivity index (χ1v) is 17.8. The zero-order valence-corrected chi connectivity index (χ0v) is 28.4. The van der Waals surface area contributed by atoms with Gasteiger partial charge in [0.2, 0.25) is 0 Å². The Balaban J connectivity index is 1.16. The van der Waals surface area contributed by atoms with Crippen LogP contribution in [0.15, 0.2) is 176 Å². The minimum atomic E-state index is -0.291. The van der Waals surface area contributed by atoms with E-state index >= 15 is 0 Å². The molecule has 0 aliphatic heterocycles. The monoisotopic (exact) mass is 680 g/mol. The zero-order chi connectivity index (χ0) is 35.0. The number of hydrogen-bond donors (Lipinski definition) is 0. The minimum absolute atomic E-state index is 0.291. The Labute approximate surface area is 303 Å². The lowest BCUT2D eigenvalue weighted by molar-refractivity contribution is 0.628. The first kappa shape index (κ1) is 29.6. The fraction of sp³-hybridized carbons (Fsp3) is 0. The SMILES string of the molecule is Fc1ccc(-c2nc(-c3cccc(-n4c5ccccc5c5ccc(-n6c7ccccc7c7ccccc76)cc54)c3)c3ccc4ccccc4c3n2)cc1. The summed E-state index contributed by atoms with van der Waals surface area (Å²) in [6.45, 7) is 0. The summed E-state index contributed by atoms with van der Waals surface area (Å²) in [6.07, 6.45) is 0. The molecule has 0 fully saturated rings. The predicted molar refractivity (Wildman–Crippen MR) is 217 cm³/mol. The average molecular weight is 681 g/mol. The van der Waals surface area contributed by atoms with Crippen LogP contribution in [0, 0.1) is 5.82 Å². The van der Waals surface area contributed by atoms with Crippen molar-refractivity contribution < 1.29 is 4.39 Å². The number of para-hydroxylation sites is 3. The van der Waals surface area contributed by atoms with Gasteiger partial charge in [-0.2, -0.15) is 0 Å². The molecule has 0 N–H and O–H groups in total. The quantitative estimate of drug-likeness (QED) is 0.173. The van der Waals surface area contributed by atoms with Gasteiger partial charge < -0.3 is 9.13 Å². The molecule has 5 heteroatoms. The number of nitrogens with zero attached hydrogens (tertiary/aromatic N) is 4. The van der Waals surface area contributed by atoms with Crippen LogP contribution in [0.4, 0.5) is 4.39 Å². The van der Waals surface area contributed by atoms with Gasteiger partial charge in [-0.15, -0.1) is 0 Å². The molecule has 0 atom stereocenters. The molecule has 3 aromatic heterocycles. The van der Waals surface area contributed by atoms with E-state index in [-0.39, 0.29) is 5.82 Å². The number of rotatable bonds is 4. The highest BCUT2D eigenvalue weighted by atomic mass is 19.1. The molecular formula is C48H29FN4. The van der Waals surface area contributed by atoms with Crippen LogP contribution in [0.25, 0.3) is 99.3 Å². The zero-order valence-electron chi connectivity index (χ0n) is 28.4. The molecule has 0 unspecified atom stereocenters. The molecule has 0 radical (unpaired) electrons. The van der Waals surface area contributed by atoms with Crippen molar-refractivity contribution in [3.63, 3.8) is 0 Å². The molecule has 4 nitrogen and oxygen atoms in total. The second-order valence-electron chi connectivity index (χ2n) is 13.6. The smallest absolute Gasteiger partial charge is 0.160 e. The number of halogens is 1. The van der Waals surface area contributed by atoms with E-state index < -0.39 is 0 Å². The number of aromatic nitrogens is 4. The second kappa shape index (κ2) is 11.5.